The van der Waals surface area contributed by atoms with Crippen LogP contribution in [0, 0.1) is 0 Å². The van der Waals surface area contributed by atoms with Crippen LogP contribution in [0.25, 0.3) is 0 Å². The van der Waals surface area contributed by atoms with Gasteiger partial charge < -0.3 is 9.64 Å². The average Bonchev–Trinajstić information content (AvgIpc) is 2.35. The van der Waals surface area contributed by atoms with Crippen molar-refractivity contribution < 1.29 is 22.7 Å². The first-order chi connectivity index (χ1) is 9.20. The van der Waals surface area contributed by atoms with Gasteiger partial charge in [-0.15, -0.1) is 0 Å². The SMILES string of the molecule is C[C@H](Oc1cccc(C(F)(F)F)c1)C(=O)/C=C/N(C)C. The zero-order chi connectivity index (χ0) is 15.3. The van der Waals surface area contributed by atoms with Crippen molar-refractivity contribution in [3.8, 4) is 5.75 Å². The largest absolute Gasteiger partial charge is 0.483 e. The van der Waals surface area contributed by atoms with Crippen LogP contribution < -0.4 is 4.74 Å². The van der Waals surface area contributed by atoms with Crippen molar-refractivity contribution in [3.63, 3.8) is 0 Å². The number of nitrogens with zero attached hydrogens (tertiary/aromatic N) is 1. The van der Waals surface area contributed by atoms with Crippen LogP contribution in [0.15, 0.2) is 36.5 Å². The highest BCUT2D eigenvalue weighted by Gasteiger charge is 2.30. The summed E-state index contributed by atoms with van der Waals surface area (Å²) in [4.78, 5) is 13.3. The molecule has 0 aromatic heterocycles. The van der Waals surface area contributed by atoms with E-state index in [4.69, 9.17) is 4.74 Å². The van der Waals surface area contributed by atoms with Gasteiger partial charge in [0.2, 0.25) is 0 Å². The predicted molar refractivity (Wildman–Crippen MR) is 69.4 cm³/mol. The first-order valence-corrected chi connectivity index (χ1v) is 5.92. The second-order valence-electron chi connectivity index (χ2n) is 4.47. The minimum absolute atomic E-state index is 0.0129. The fraction of sp³-hybridized carbons (Fsp3) is 0.357. The second-order valence-corrected chi connectivity index (χ2v) is 4.47. The van der Waals surface area contributed by atoms with E-state index in [1.54, 1.807) is 25.2 Å². The van der Waals surface area contributed by atoms with E-state index in [1.165, 1.54) is 25.1 Å². The molecule has 0 aliphatic heterocycles. The van der Waals surface area contributed by atoms with Crippen LogP contribution in [-0.2, 0) is 11.0 Å². The van der Waals surface area contributed by atoms with Gasteiger partial charge in [0.05, 0.1) is 5.56 Å². The fourth-order valence-electron chi connectivity index (χ4n) is 1.37. The highest BCUT2D eigenvalue weighted by Crippen LogP contribution is 2.31. The first-order valence-electron chi connectivity index (χ1n) is 5.92. The van der Waals surface area contributed by atoms with Gasteiger partial charge in [-0.3, -0.25) is 4.79 Å². The molecule has 0 bridgehead atoms. The first kappa shape index (κ1) is 16.1. The maximum absolute atomic E-state index is 12.5. The molecule has 1 aromatic carbocycles. The summed E-state index contributed by atoms with van der Waals surface area (Å²) < 4.78 is 42.8. The Morgan fingerprint density at radius 3 is 2.55 bits per heavy atom. The highest BCUT2D eigenvalue weighted by molar-refractivity contribution is 5.93. The lowest BCUT2D eigenvalue weighted by molar-refractivity contribution is -0.137. The summed E-state index contributed by atoms with van der Waals surface area (Å²) in [7, 11) is 3.50. The molecule has 0 saturated carbocycles. The summed E-state index contributed by atoms with van der Waals surface area (Å²) in [5.41, 5.74) is -0.807. The Hall–Kier alpha value is -1.98. The van der Waals surface area contributed by atoms with E-state index in [9.17, 15) is 18.0 Å². The summed E-state index contributed by atoms with van der Waals surface area (Å²) in [6.07, 6.45) is -2.42. The Labute approximate surface area is 115 Å². The number of ketones is 1. The molecule has 1 atom stereocenters. The molecule has 0 aliphatic carbocycles. The molecule has 1 rings (SSSR count). The monoisotopic (exact) mass is 287 g/mol. The smallest absolute Gasteiger partial charge is 0.416 e. The molecule has 0 unspecified atom stereocenters. The molecule has 0 aliphatic rings. The Morgan fingerprint density at radius 2 is 2.00 bits per heavy atom. The van der Waals surface area contributed by atoms with Crippen LogP contribution in [0.1, 0.15) is 12.5 Å². The van der Waals surface area contributed by atoms with Crippen LogP contribution in [-0.4, -0.2) is 30.9 Å². The molecule has 0 spiro atoms. The average molecular weight is 287 g/mol. The molecule has 0 saturated heterocycles. The number of alkyl halides is 3. The van der Waals surface area contributed by atoms with Gasteiger partial charge in [0.15, 0.2) is 11.9 Å². The van der Waals surface area contributed by atoms with E-state index in [0.717, 1.165) is 12.1 Å². The Balaban J connectivity index is 2.76. The number of carbonyl (C=O) groups excluding carboxylic acids is 1. The lowest BCUT2D eigenvalue weighted by Gasteiger charge is -2.14. The molecule has 6 heteroatoms. The predicted octanol–water partition coefficient (Wildman–Crippen LogP) is 3.12. The van der Waals surface area contributed by atoms with E-state index < -0.39 is 17.8 Å². The van der Waals surface area contributed by atoms with Crippen molar-refractivity contribution in [2.24, 2.45) is 0 Å². The second kappa shape index (κ2) is 6.45. The van der Waals surface area contributed by atoms with Crippen molar-refractivity contribution in [1.29, 1.82) is 0 Å². The Bertz CT molecular complexity index is 495. The third-order valence-corrected chi connectivity index (χ3v) is 2.41. The molecule has 0 fully saturated rings. The van der Waals surface area contributed by atoms with Gasteiger partial charge in [-0.2, -0.15) is 13.2 Å². The zero-order valence-corrected chi connectivity index (χ0v) is 11.4. The zero-order valence-electron chi connectivity index (χ0n) is 11.4. The fourth-order valence-corrected chi connectivity index (χ4v) is 1.37. The van der Waals surface area contributed by atoms with Gasteiger partial charge in [-0.25, -0.2) is 0 Å². The summed E-state index contributed by atoms with van der Waals surface area (Å²) >= 11 is 0. The number of carbonyl (C=O) groups is 1. The van der Waals surface area contributed by atoms with Crippen LogP contribution in [0.4, 0.5) is 13.2 Å². The number of ether oxygens (including phenoxy) is 1. The standard InChI is InChI=1S/C14H16F3NO2/c1-10(13(19)7-8-18(2)3)20-12-6-4-5-11(9-12)14(15,16)17/h4-10H,1-3H3/b8-7+/t10-/m0/s1. The Kier molecular flexibility index (Phi) is 5.19. The number of hydrogen-bond donors (Lipinski definition) is 0. The number of rotatable bonds is 5. The molecule has 0 heterocycles. The van der Waals surface area contributed by atoms with E-state index in [2.05, 4.69) is 0 Å². The van der Waals surface area contributed by atoms with Gasteiger partial charge in [0.25, 0.3) is 0 Å². The van der Waals surface area contributed by atoms with Crippen molar-refractivity contribution in [2.75, 3.05) is 14.1 Å². The van der Waals surface area contributed by atoms with Gasteiger partial charge in [0, 0.05) is 26.4 Å². The third-order valence-electron chi connectivity index (χ3n) is 2.41. The molecule has 0 N–H and O–H groups in total. The molecule has 0 radical (unpaired) electrons. The summed E-state index contributed by atoms with van der Waals surface area (Å²) in [5, 5.41) is 0. The van der Waals surface area contributed by atoms with Crippen LogP contribution in [0.5, 0.6) is 5.75 Å². The number of benzene rings is 1. The van der Waals surface area contributed by atoms with Gasteiger partial charge in [-0.05, 0) is 25.1 Å². The van der Waals surface area contributed by atoms with Gasteiger partial charge in [-0.1, -0.05) is 6.07 Å². The minimum Gasteiger partial charge on any atom is -0.483 e. The minimum atomic E-state index is -4.43. The van der Waals surface area contributed by atoms with Crippen molar-refractivity contribution in [3.05, 3.63) is 42.1 Å². The van der Waals surface area contributed by atoms with Crippen LogP contribution in [0.3, 0.4) is 0 Å². The van der Waals surface area contributed by atoms with Crippen LogP contribution >= 0.6 is 0 Å². The summed E-state index contributed by atoms with van der Waals surface area (Å²) in [5.74, 6) is -0.310. The van der Waals surface area contributed by atoms with E-state index in [-0.39, 0.29) is 11.5 Å². The van der Waals surface area contributed by atoms with Crippen molar-refractivity contribution in [1.82, 2.24) is 4.90 Å². The van der Waals surface area contributed by atoms with Gasteiger partial charge >= 0.3 is 6.18 Å². The number of halogens is 3. The number of hydrogen-bond acceptors (Lipinski definition) is 3. The highest BCUT2D eigenvalue weighted by atomic mass is 19.4. The maximum Gasteiger partial charge on any atom is 0.416 e. The molecular formula is C14H16F3NO2. The topological polar surface area (TPSA) is 29.5 Å². The summed E-state index contributed by atoms with van der Waals surface area (Å²) in [6.45, 7) is 1.49. The Morgan fingerprint density at radius 1 is 1.35 bits per heavy atom. The van der Waals surface area contributed by atoms with Crippen molar-refractivity contribution in [2.45, 2.75) is 19.2 Å². The molecule has 3 nitrogen and oxygen atoms in total. The summed E-state index contributed by atoms with van der Waals surface area (Å²) in [6, 6.07) is 4.45. The molecule has 110 valence electrons. The van der Waals surface area contributed by atoms with Crippen molar-refractivity contribution >= 4 is 5.78 Å². The van der Waals surface area contributed by atoms with E-state index in [0.29, 0.717) is 0 Å². The van der Waals surface area contributed by atoms with Crippen LogP contribution in [0.2, 0.25) is 0 Å². The molecular weight excluding hydrogens is 271 g/mol. The lowest BCUT2D eigenvalue weighted by Crippen LogP contribution is -2.22. The normalized spacial score (nSPS) is 13.3. The molecule has 20 heavy (non-hydrogen) atoms. The maximum atomic E-state index is 12.5. The van der Waals surface area contributed by atoms with Gasteiger partial charge in [0.1, 0.15) is 5.75 Å². The molecule has 0 amide bonds. The molecule has 1 aromatic rings. The van der Waals surface area contributed by atoms with E-state index in [1.807, 2.05) is 0 Å². The lowest BCUT2D eigenvalue weighted by atomic mass is 10.2. The quantitative estimate of drug-likeness (QED) is 0.779. The third kappa shape index (κ3) is 4.95. The van der Waals surface area contributed by atoms with E-state index >= 15 is 0 Å².